The van der Waals surface area contributed by atoms with E-state index in [2.05, 4.69) is 0 Å². The Hall–Kier alpha value is 0.150. The lowest BCUT2D eigenvalue weighted by Crippen LogP contribution is -2.18. The van der Waals surface area contributed by atoms with Gasteiger partial charge in [0.2, 0.25) is 0 Å². The van der Waals surface area contributed by atoms with Crippen LogP contribution < -0.4 is 0 Å². The molecular formula is C7H15O3P. The van der Waals surface area contributed by atoms with Gasteiger partial charge in [0.15, 0.2) is 7.37 Å². The van der Waals surface area contributed by atoms with Crippen LogP contribution in [0.15, 0.2) is 0 Å². The average molecular weight is 178 g/mol. The van der Waals surface area contributed by atoms with Crippen LogP contribution in [0.4, 0.5) is 0 Å². The monoisotopic (exact) mass is 178 g/mol. The lowest BCUT2D eigenvalue weighted by atomic mass is 10.1. The lowest BCUT2D eigenvalue weighted by molar-refractivity contribution is 0.142. The van der Waals surface area contributed by atoms with Crippen molar-refractivity contribution in [2.45, 2.75) is 13.0 Å². The molecule has 0 aliphatic carbocycles. The van der Waals surface area contributed by atoms with E-state index in [4.69, 9.17) is 9.26 Å². The summed E-state index contributed by atoms with van der Waals surface area (Å²) in [7, 11) is -2.33. The van der Waals surface area contributed by atoms with Crippen molar-refractivity contribution in [2.75, 3.05) is 26.5 Å². The summed E-state index contributed by atoms with van der Waals surface area (Å²) in [6.45, 7) is 6.64. The molecule has 0 aromatic rings. The highest BCUT2D eigenvalue weighted by Crippen LogP contribution is 2.41. The van der Waals surface area contributed by atoms with Crippen molar-refractivity contribution in [1.29, 1.82) is 0 Å². The minimum atomic E-state index is -2.33. The number of hydrogen-bond acceptors (Lipinski definition) is 3. The maximum absolute atomic E-state index is 11.2. The van der Waals surface area contributed by atoms with Gasteiger partial charge in [0, 0.05) is 19.2 Å². The number of rotatable bonds is 2. The summed E-state index contributed by atoms with van der Waals surface area (Å²) in [6.07, 6.45) is 0.0378. The molecule has 0 N–H and O–H groups in total. The van der Waals surface area contributed by atoms with Crippen LogP contribution in [0.2, 0.25) is 0 Å². The molecule has 1 rings (SSSR count). The predicted molar refractivity (Wildman–Crippen MR) is 44.3 cm³/mol. The van der Waals surface area contributed by atoms with Crippen molar-refractivity contribution in [3.05, 3.63) is 0 Å². The summed E-state index contributed by atoms with van der Waals surface area (Å²) in [4.78, 5) is 0. The second-order valence-electron chi connectivity index (χ2n) is 3.41. The molecule has 1 aliphatic rings. The largest absolute Gasteiger partial charge is 0.378 e. The first-order valence-corrected chi connectivity index (χ1v) is 6.32. The summed E-state index contributed by atoms with van der Waals surface area (Å²) in [5.41, 5.74) is 0. The fourth-order valence-corrected chi connectivity index (χ4v) is 2.02. The van der Waals surface area contributed by atoms with Gasteiger partial charge in [-0.05, 0) is 0 Å². The molecule has 0 saturated carbocycles. The van der Waals surface area contributed by atoms with E-state index in [1.54, 1.807) is 13.3 Å². The second kappa shape index (κ2) is 3.26. The summed E-state index contributed by atoms with van der Waals surface area (Å²) in [5.74, 6) is 0.378. The van der Waals surface area contributed by atoms with Crippen molar-refractivity contribution >= 4 is 7.37 Å². The van der Waals surface area contributed by atoms with Crippen LogP contribution in [-0.2, 0) is 13.8 Å². The highest BCUT2D eigenvalue weighted by molar-refractivity contribution is 7.57. The molecular weight excluding hydrogens is 163 g/mol. The van der Waals surface area contributed by atoms with Crippen LogP contribution in [0.1, 0.15) is 6.92 Å². The van der Waals surface area contributed by atoms with Gasteiger partial charge >= 0.3 is 0 Å². The van der Waals surface area contributed by atoms with Crippen molar-refractivity contribution in [3.63, 3.8) is 0 Å². The molecule has 0 spiro atoms. The van der Waals surface area contributed by atoms with Crippen LogP contribution >= 0.6 is 7.37 Å². The third-order valence-corrected chi connectivity index (χ3v) is 2.47. The Morgan fingerprint density at radius 1 is 1.45 bits per heavy atom. The fourth-order valence-electron chi connectivity index (χ4n) is 1.10. The Kier molecular flexibility index (Phi) is 2.74. The first kappa shape index (κ1) is 9.24. The Morgan fingerprint density at radius 2 is 2.09 bits per heavy atom. The smallest absolute Gasteiger partial charge is 0.197 e. The predicted octanol–water partition coefficient (Wildman–Crippen LogP) is 1.58. The average Bonchev–Trinajstić information content (AvgIpc) is 2.12. The van der Waals surface area contributed by atoms with Crippen molar-refractivity contribution in [1.82, 2.24) is 0 Å². The topological polar surface area (TPSA) is 35.5 Å². The molecule has 0 aromatic carbocycles. The maximum Gasteiger partial charge on any atom is 0.197 e. The number of hydrogen-bond donors (Lipinski definition) is 0. The van der Waals surface area contributed by atoms with E-state index in [1.807, 2.05) is 6.92 Å². The second-order valence-corrected chi connectivity index (χ2v) is 6.13. The zero-order valence-electron chi connectivity index (χ0n) is 7.24. The summed E-state index contributed by atoms with van der Waals surface area (Å²) in [5, 5.41) is 0. The molecule has 0 amide bonds. The molecule has 4 heteroatoms. The van der Waals surface area contributed by atoms with Crippen LogP contribution in [0.3, 0.4) is 0 Å². The highest BCUT2D eigenvalue weighted by atomic mass is 31.2. The van der Waals surface area contributed by atoms with Gasteiger partial charge in [0.1, 0.15) is 0 Å². The quantitative estimate of drug-likeness (QED) is 0.602. The molecule has 1 unspecified atom stereocenters. The fraction of sp³-hybridized carbons (Fsp3) is 1.00. The summed E-state index contributed by atoms with van der Waals surface area (Å²) < 4.78 is 21.7. The van der Waals surface area contributed by atoms with Gasteiger partial charge in [-0.1, -0.05) is 6.92 Å². The molecule has 11 heavy (non-hydrogen) atoms. The van der Waals surface area contributed by atoms with E-state index < -0.39 is 7.37 Å². The van der Waals surface area contributed by atoms with Crippen molar-refractivity contribution in [3.8, 4) is 0 Å². The van der Waals surface area contributed by atoms with Crippen LogP contribution in [0.25, 0.3) is 0 Å². The molecule has 0 radical (unpaired) electrons. The minimum Gasteiger partial charge on any atom is -0.378 e. The zero-order valence-corrected chi connectivity index (χ0v) is 8.14. The molecule has 2 atom stereocenters. The van der Waals surface area contributed by atoms with Crippen LogP contribution in [0.5, 0.6) is 0 Å². The maximum atomic E-state index is 11.2. The molecule has 1 heterocycles. The highest BCUT2D eigenvalue weighted by Gasteiger charge is 2.28. The Bertz CT molecular complexity index is 175. The van der Waals surface area contributed by atoms with E-state index in [0.717, 1.165) is 6.61 Å². The van der Waals surface area contributed by atoms with Crippen LogP contribution in [-0.4, -0.2) is 32.6 Å². The zero-order chi connectivity index (χ0) is 8.48. The first-order valence-electron chi connectivity index (χ1n) is 3.80. The van der Waals surface area contributed by atoms with Gasteiger partial charge in [-0.25, -0.2) is 0 Å². The Labute approximate surface area is 67.5 Å². The normalized spacial score (nSPS) is 32.6. The van der Waals surface area contributed by atoms with E-state index in [9.17, 15) is 4.57 Å². The molecule has 1 saturated heterocycles. The third kappa shape index (κ3) is 2.94. The van der Waals surface area contributed by atoms with Crippen molar-refractivity contribution < 1.29 is 13.8 Å². The molecule has 0 aromatic heterocycles. The Balaban J connectivity index is 2.43. The molecule has 66 valence electrons. The van der Waals surface area contributed by atoms with Gasteiger partial charge in [-0.2, -0.15) is 0 Å². The SMILES string of the molecule is C[C@@H]1COCC1OP(C)(C)=O. The van der Waals surface area contributed by atoms with Gasteiger partial charge < -0.3 is 9.26 Å². The molecule has 3 nitrogen and oxygen atoms in total. The van der Waals surface area contributed by atoms with Crippen LogP contribution in [0, 0.1) is 5.92 Å². The van der Waals surface area contributed by atoms with E-state index >= 15 is 0 Å². The Morgan fingerprint density at radius 3 is 2.45 bits per heavy atom. The lowest BCUT2D eigenvalue weighted by Gasteiger charge is -2.17. The first-order chi connectivity index (χ1) is 4.99. The van der Waals surface area contributed by atoms with Gasteiger partial charge in [0.25, 0.3) is 0 Å². The van der Waals surface area contributed by atoms with E-state index in [0.29, 0.717) is 12.5 Å². The molecule has 1 aliphatic heterocycles. The third-order valence-electron chi connectivity index (χ3n) is 1.69. The van der Waals surface area contributed by atoms with E-state index in [1.165, 1.54) is 0 Å². The number of ether oxygens (including phenoxy) is 1. The van der Waals surface area contributed by atoms with Crippen molar-refractivity contribution in [2.24, 2.45) is 5.92 Å². The molecule has 1 fully saturated rings. The molecule has 0 bridgehead atoms. The van der Waals surface area contributed by atoms with Gasteiger partial charge in [-0.15, -0.1) is 0 Å². The van der Waals surface area contributed by atoms with Gasteiger partial charge in [0.05, 0.1) is 19.3 Å². The minimum absolute atomic E-state index is 0.0378. The summed E-state index contributed by atoms with van der Waals surface area (Å²) >= 11 is 0. The van der Waals surface area contributed by atoms with E-state index in [-0.39, 0.29) is 6.10 Å². The summed E-state index contributed by atoms with van der Waals surface area (Å²) in [6, 6.07) is 0. The van der Waals surface area contributed by atoms with Gasteiger partial charge in [-0.3, -0.25) is 4.57 Å². The standard InChI is InChI=1S/C7H15O3P/c1-6-4-9-5-7(6)10-11(2,3)8/h6-7H,4-5H2,1-3H3/t6-,7?/m1/s1.